The van der Waals surface area contributed by atoms with Crippen LogP contribution in [-0.2, 0) is 6.61 Å². The molecule has 8 heteroatoms. The molecule has 0 spiro atoms. The van der Waals surface area contributed by atoms with E-state index in [9.17, 15) is 4.79 Å². The van der Waals surface area contributed by atoms with Gasteiger partial charge in [-0.2, -0.15) is 0 Å². The zero-order chi connectivity index (χ0) is 13.1. The standard InChI is InChI=1S/C10H6ClIN2O3S/c11-9-7(13-14-18-9)4-17-8-2-1-5(12)3-6(8)10(15)16/h1-3H,4H2,(H,15,16). The molecule has 1 heterocycles. The van der Waals surface area contributed by atoms with Crippen molar-refractivity contribution in [2.24, 2.45) is 0 Å². The van der Waals surface area contributed by atoms with Gasteiger partial charge in [-0.05, 0) is 40.8 Å². The first-order chi connectivity index (χ1) is 8.58. The quantitative estimate of drug-likeness (QED) is 0.804. The summed E-state index contributed by atoms with van der Waals surface area (Å²) in [7, 11) is 0. The molecule has 1 N–H and O–H groups in total. The number of aromatic nitrogens is 2. The first-order valence-electron chi connectivity index (χ1n) is 4.70. The van der Waals surface area contributed by atoms with E-state index in [2.05, 4.69) is 9.59 Å². The average molecular weight is 397 g/mol. The molecule has 0 fully saturated rings. The second-order valence-corrected chi connectivity index (χ2v) is 5.83. The topological polar surface area (TPSA) is 72.3 Å². The van der Waals surface area contributed by atoms with Crippen molar-refractivity contribution in [3.05, 3.63) is 37.4 Å². The lowest BCUT2D eigenvalue weighted by Gasteiger charge is -2.08. The second-order valence-electron chi connectivity index (χ2n) is 3.23. The van der Waals surface area contributed by atoms with Crippen LogP contribution in [0.25, 0.3) is 0 Å². The van der Waals surface area contributed by atoms with Crippen LogP contribution in [0, 0.1) is 3.57 Å². The number of carboxylic acid groups (broad SMARTS) is 1. The fourth-order valence-electron chi connectivity index (χ4n) is 1.22. The zero-order valence-electron chi connectivity index (χ0n) is 8.76. The van der Waals surface area contributed by atoms with E-state index in [-0.39, 0.29) is 17.9 Å². The van der Waals surface area contributed by atoms with E-state index in [4.69, 9.17) is 21.4 Å². The fourth-order valence-corrected chi connectivity index (χ4v) is 2.32. The number of carbonyl (C=O) groups is 1. The van der Waals surface area contributed by atoms with Gasteiger partial charge in [-0.3, -0.25) is 0 Å². The van der Waals surface area contributed by atoms with Crippen molar-refractivity contribution < 1.29 is 14.6 Å². The molecule has 2 rings (SSSR count). The Bertz CT molecular complexity index is 590. The number of hydrogen-bond donors (Lipinski definition) is 1. The Hall–Kier alpha value is -0.930. The van der Waals surface area contributed by atoms with Crippen LogP contribution in [0.3, 0.4) is 0 Å². The molecule has 1 aromatic carbocycles. The highest BCUT2D eigenvalue weighted by Gasteiger charge is 2.13. The van der Waals surface area contributed by atoms with E-state index in [1.807, 2.05) is 22.6 Å². The van der Waals surface area contributed by atoms with Crippen LogP contribution < -0.4 is 4.74 Å². The molecule has 0 aliphatic carbocycles. The van der Waals surface area contributed by atoms with Crippen LogP contribution >= 0.6 is 45.7 Å². The molecule has 0 aliphatic heterocycles. The molecule has 0 unspecified atom stereocenters. The summed E-state index contributed by atoms with van der Waals surface area (Å²) < 4.78 is 10.3. The van der Waals surface area contributed by atoms with Gasteiger partial charge < -0.3 is 9.84 Å². The van der Waals surface area contributed by atoms with E-state index in [1.165, 1.54) is 0 Å². The van der Waals surface area contributed by atoms with Gasteiger partial charge in [0.1, 0.15) is 28.0 Å². The van der Waals surface area contributed by atoms with Gasteiger partial charge >= 0.3 is 5.97 Å². The third-order valence-corrected chi connectivity index (χ3v) is 3.70. The number of benzene rings is 1. The van der Waals surface area contributed by atoms with Gasteiger partial charge in [-0.15, -0.1) is 5.10 Å². The second kappa shape index (κ2) is 5.81. The minimum absolute atomic E-state index is 0.0935. The number of nitrogens with zero attached hydrogens (tertiary/aromatic N) is 2. The molecule has 0 bridgehead atoms. The Kier molecular flexibility index (Phi) is 4.36. The Balaban J connectivity index is 2.19. The van der Waals surface area contributed by atoms with Crippen molar-refractivity contribution in [3.63, 3.8) is 0 Å². The summed E-state index contributed by atoms with van der Waals surface area (Å²) in [4.78, 5) is 11.1. The van der Waals surface area contributed by atoms with Gasteiger partial charge in [-0.25, -0.2) is 4.79 Å². The maximum absolute atomic E-state index is 11.1. The number of rotatable bonds is 4. The number of hydrogen-bond acceptors (Lipinski definition) is 5. The molecular weight excluding hydrogens is 391 g/mol. The summed E-state index contributed by atoms with van der Waals surface area (Å²) in [6.45, 7) is 0.0935. The molecule has 5 nitrogen and oxygen atoms in total. The van der Waals surface area contributed by atoms with E-state index < -0.39 is 5.97 Å². The smallest absolute Gasteiger partial charge is 0.339 e. The summed E-state index contributed by atoms with van der Waals surface area (Å²) in [5.41, 5.74) is 0.609. The first-order valence-corrected chi connectivity index (χ1v) is 6.93. The highest BCUT2D eigenvalue weighted by atomic mass is 127. The van der Waals surface area contributed by atoms with Gasteiger partial charge in [0.2, 0.25) is 0 Å². The molecule has 0 saturated carbocycles. The van der Waals surface area contributed by atoms with Gasteiger partial charge in [0, 0.05) is 15.1 Å². The van der Waals surface area contributed by atoms with Gasteiger partial charge in [0.15, 0.2) is 0 Å². The fraction of sp³-hybridized carbons (Fsp3) is 0.100. The van der Waals surface area contributed by atoms with E-state index >= 15 is 0 Å². The van der Waals surface area contributed by atoms with Crippen LogP contribution in [0.15, 0.2) is 18.2 Å². The SMILES string of the molecule is O=C(O)c1cc(I)ccc1OCc1nnsc1Cl. The Morgan fingerprint density at radius 1 is 1.56 bits per heavy atom. The Morgan fingerprint density at radius 3 is 2.94 bits per heavy atom. The van der Waals surface area contributed by atoms with E-state index in [0.717, 1.165) is 15.1 Å². The molecular formula is C10H6ClIN2O3S. The molecule has 2 aromatic rings. The van der Waals surface area contributed by atoms with Gasteiger partial charge in [0.25, 0.3) is 0 Å². The molecule has 1 aromatic heterocycles. The van der Waals surface area contributed by atoms with Crippen LogP contribution in [0.4, 0.5) is 0 Å². The van der Waals surface area contributed by atoms with Crippen LogP contribution in [0.2, 0.25) is 4.34 Å². The van der Waals surface area contributed by atoms with Crippen LogP contribution in [-0.4, -0.2) is 20.7 Å². The predicted molar refractivity (Wildman–Crippen MR) is 75.4 cm³/mol. The first kappa shape index (κ1) is 13.5. The summed E-state index contributed by atoms with van der Waals surface area (Å²) in [6.07, 6.45) is 0. The van der Waals surface area contributed by atoms with Crippen molar-refractivity contribution >= 4 is 51.7 Å². The molecule has 0 atom stereocenters. The molecule has 0 amide bonds. The van der Waals surface area contributed by atoms with Crippen molar-refractivity contribution in [3.8, 4) is 5.75 Å². The zero-order valence-corrected chi connectivity index (χ0v) is 12.5. The molecule has 94 valence electrons. The van der Waals surface area contributed by atoms with E-state index in [0.29, 0.717) is 10.0 Å². The normalized spacial score (nSPS) is 10.3. The van der Waals surface area contributed by atoms with Gasteiger partial charge in [-0.1, -0.05) is 16.1 Å². The largest absolute Gasteiger partial charge is 0.486 e. The van der Waals surface area contributed by atoms with Crippen LogP contribution in [0.1, 0.15) is 16.1 Å². The Labute approximate surface area is 125 Å². The minimum atomic E-state index is -1.04. The summed E-state index contributed by atoms with van der Waals surface area (Å²) in [5, 5.41) is 12.9. The maximum Gasteiger partial charge on any atom is 0.339 e. The number of carboxylic acids is 1. The monoisotopic (exact) mass is 396 g/mol. The van der Waals surface area contributed by atoms with Gasteiger partial charge in [0.05, 0.1) is 0 Å². The number of aromatic carboxylic acids is 1. The van der Waals surface area contributed by atoms with Crippen molar-refractivity contribution in [2.75, 3.05) is 0 Å². The molecule has 0 radical (unpaired) electrons. The summed E-state index contributed by atoms with van der Waals surface area (Å²) in [6, 6.07) is 4.92. The van der Waals surface area contributed by atoms with E-state index in [1.54, 1.807) is 18.2 Å². The number of halogens is 2. The molecule has 0 saturated heterocycles. The average Bonchev–Trinajstić information content (AvgIpc) is 2.73. The molecule has 0 aliphatic rings. The summed E-state index contributed by atoms with van der Waals surface area (Å²) in [5.74, 6) is -0.752. The third kappa shape index (κ3) is 3.09. The van der Waals surface area contributed by atoms with Crippen LogP contribution in [0.5, 0.6) is 5.75 Å². The van der Waals surface area contributed by atoms with Crippen molar-refractivity contribution in [1.29, 1.82) is 0 Å². The molecule has 18 heavy (non-hydrogen) atoms. The lowest BCUT2D eigenvalue weighted by atomic mass is 10.2. The number of ether oxygens (including phenoxy) is 1. The van der Waals surface area contributed by atoms with Crippen molar-refractivity contribution in [2.45, 2.75) is 6.61 Å². The minimum Gasteiger partial charge on any atom is -0.486 e. The highest BCUT2D eigenvalue weighted by molar-refractivity contribution is 14.1. The third-order valence-electron chi connectivity index (χ3n) is 2.05. The lowest BCUT2D eigenvalue weighted by Crippen LogP contribution is -2.04. The maximum atomic E-state index is 11.1. The van der Waals surface area contributed by atoms with Crippen molar-refractivity contribution in [1.82, 2.24) is 9.59 Å². The Morgan fingerprint density at radius 2 is 2.33 bits per heavy atom. The summed E-state index contributed by atoms with van der Waals surface area (Å²) >= 11 is 8.93. The highest BCUT2D eigenvalue weighted by Crippen LogP contribution is 2.24. The lowest BCUT2D eigenvalue weighted by molar-refractivity contribution is 0.0691. The predicted octanol–water partition coefficient (Wildman–Crippen LogP) is 3.07.